The highest BCUT2D eigenvalue weighted by Gasteiger charge is 2.29. The van der Waals surface area contributed by atoms with Crippen molar-refractivity contribution in [2.75, 3.05) is 13.1 Å². The molecule has 5 heteroatoms. The van der Waals surface area contributed by atoms with Crippen LogP contribution in [0.3, 0.4) is 0 Å². The Morgan fingerprint density at radius 1 is 0.966 bits per heavy atom. The molecule has 1 fully saturated rings. The molecular formula is C24H28N4O. The normalized spacial score (nSPS) is 19.7. The van der Waals surface area contributed by atoms with Crippen molar-refractivity contribution in [3.05, 3.63) is 59.7 Å². The van der Waals surface area contributed by atoms with Crippen LogP contribution in [0.25, 0.3) is 10.8 Å². The van der Waals surface area contributed by atoms with Crippen LogP contribution in [0.15, 0.2) is 42.5 Å². The number of benzene rings is 2. The van der Waals surface area contributed by atoms with Gasteiger partial charge in [-0.1, -0.05) is 48.9 Å². The second-order valence-electron chi connectivity index (χ2n) is 8.47. The van der Waals surface area contributed by atoms with Crippen LogP contribution in [0.1, 0.15) is 55.2 Å². The summed E-state index contributed by atoms with van der Waals surface area (Å²) in [6, 6.07) is 14.7. The summed E-state index contributed by atoms with van der Waals surface area (Å²) in [5, 5.41) is 11.4. The number of rotatable bonds is 3. The van der Waals surface area contributed by atoms with E-state index in [2.05, 4.69) is 45.1 Å². The molecule has 1 saturated heterocycles. The van der Waals surface area contributed by atoms with Crippen molar-refractivity contribution < 1.29 is 4.79 Å². The molecule has 2 aliphatic rings. The lowest BCUT2D eigenvalue weighted by atomic mass is 9.96. The van der Waals surface area contributed by atoms with Gasteiger partial charge >= 0.3 is 0 Å². The molecule has 29 heavy (non-hydrogen) atoms. The highest BCUT2D eigenvalue weighted by Crippen LogP contribution is 2.28. The average Bonchev–Trinajstić information content (AvgIpc) is 3.02. The lowest BCUT2D eigenvalue weighted by Gasteiger charge is -2.32. The third kappa shape index (κ3) is 3.78. The molecule has 2 aliphatic heterocycles. The summed E-state index contributed by atoms with van der Waals surface area (Å²) >= 11 is 0. The number of hydrogen-bond acceptors (Lipinski definition) is 3. The third-order valence-electron chi connectivity index (χ3n) is 6.45. The summed E-state index contributed by atoms with van der Waals surface area (Å²) in [5.41, 5.74) is 1.09. The van der Waals surface area contributed by atoms with Gasteiger partial charge in [-0.25, -0.2) is 0 Å². The lowest BCUT2D eigenvalue weighted by molar-refractivity contribution is -0.131. The molecule has 0 aliphatic carbocycles. The van der Waals surface area contributed by atoms with Gasteiger partial charge in [-0.05, 0) is 42.0 Å². The maximum absolute atomic E-state index is 13.0. The van der Waals surface area contributed by atoms with Gasteiger partial charge in [-0.3, -0.25) is 4.79 Å². The smallest absolute Gasteiger partial charge is 0.227 e. The van der Waals surface area contributed by atoms with E-state index in [9.17, 15) is 4.79 Å². The zero-order valence-electron chi connectivity index (χ0n) is 16.9. The maximum Gasteiger partial charge on any atom is 0.227 e. The van der Waals surface area contributed by atoms with E-state index >= 15 is 0 Å². The van der Waals surface area contributed by atoms with E-state index in [0.717, 1.165) is 56.1 Å². The van der Waals surface area contributed by atoms with Crippen molar-refractivity contribution in [3.63, 3.8) is 0 Å². The van der Waals surface area contributed by atoms with E-state index in [1.165, 1.54) is 30.0 Å². The van der Waals surface area contributed by atoms with Gasteiger partial charge in [0.05, 0.1) is 6.42 Å². The Labute approximate surface area is 171 Å². The molecule has 0 unspecified atom stereocenters. The Morgan fingerprint density at radius 2 is 1.86 bits per heavy atom. The molecule has 0 saturated carbocycles. The first-order valence-corrected chi connectivity index (χ1v) is 11.0. The Balaban J connectivity index is 1.30. The fraction of sp³-hybridized carbons (Fsp3) is 0.458. The SMILES string of the molecule is O=C(Cc1ccc2ccccc2c1)N1CCC[C@@H](c2nnc3n2CCCCC3)C1. The first-order chi connectivity index (χ1) is 14.3. The number of likely N-dealkylation sites (tertiary alicyclic amines) is 1. The van der Waals surface area contributed by atoms with Gasteiger partial charge in [0.2, 0.25) is 5.91 Å². The van der Waals surface area contributed by atoms with Gasteiger partial charge in [0.1, 0.15) is 11.6 Å². The largest absolute Gasteiger partial charge is 0.342 e. The highest BCUT2D eigenvalue weighted by atomic mass is 16.2. The molecule has 5 rings (SSSR count). The van der Waals surface area contributed by atoms with Crippen LogP contribution in [0.4, 0.5) is 0 Å². The van der Waals surface area contributed by atoms with Crippen molar-refractivity contribution in [1.29, 1.82) is 0 Å². The second-order valence-corrected chi connectivity index (χ2v) is 8.47. The summed E-state index contributed by atoms with van der Waals surface area (Å²) in [6.45, 7) is 2.65. The van der Waals surface area contributed by atoms with E-state index in [1.807, 2.05) is 17.0 Å². The summed E-state index contributed by atoms with van der Waals surface area (Å²) in [6.07, 6.45) is 7.31. The number of carbonyl (C=O) groups is 1. The molecule has 0 spiro atoms. The summed E-state index contributed by atoms with van der Waals surface area (Å²) in [7, 11) is 0. The van der Waals surface area contributed by atoms with Gasteiger partial charge < -0.3 is 9.47 Å². The molecule has 1 amide bonds. The van der Waals surface area contributed by atoms with Crippen LogP contribution in [-0.4, -0.2) is 38.7 Å². The summed E-state index contributed by atoms with van der Waals surface area (Å²) < 4.78 is 2.34. The first kappa shape index (κ1) is 18.3. The van der Waals surface area contributed by atoms with E-state index < -0.39 is 0 Å². The zero-order valence-corrected chi connectivity index (χ0v) is 16.9. The molecule has 0 bridgehead atoms. The van der Waals surface area contributed by atoms with Crippen molar-refractivity contribution in [2.45, 2.75) is 57.4 Å². The number of carbonyl (C=O) groups excluding carboxylic acids is 1. The Kier molecular flexibility index (Phi) is 5.04. The van der Waals surface area contributed by atoms with Gasteiger partial charge in [0.15, 0.2) is 0 Å². The molecule has 1 atom stereocenters. The van der Waals surface area contributed by atoms with Gasteiger partial charge in [-0.2, -0.15) is 0 Å². The van der Waals surface area contributed by atoms with Crippen molar-refractivity contribution >= 4 is 16.7 Å². The van der Waals surface area contributed by atoms with Crippen molar-refractivity contribution in [3.8, 4) is 0 Å². The molecular weight excluding hydrogens is 360 g/mol. The molecule has 5 nitrogen and oxygen atoms in total. The fourth-order valence-corrected chi connectivity index (χ4v) is 4.86. The maximum atomic E-state index is 13.0. The van der Waals surface area contributed by atoms with Gasteiger partial charge in [0.25, 0.3) is 0 Å². The molecule has 3 heterocycles. The second kappa shape index (κ2) is 7.97. The van der Waals surface area contributed by atoms with Crippen LogP contribution in [0.2, 0.25) is 0 Å². The van der Waals surface area contributed by atoms with Gasteiger partial charge in [-0.15, -0.1) is 10.2 Å². The highest BCUT2D eigenvalue weighted by molar-refractivity contribution is 5.85. The predicted octanol–water partition coefficient (Wildman–Crippen LogP) is 4.11. The van der Waals surface area contributed by atoms with E-state index in [4.69, 9.17) is 0 Å². The molecule has 0 N–H and O–H groups in total. The standard InChI is InChI=1S/C24H28N4O/c29-23(16-18-11-12-19-7-3-4-8-20(19)15-18)27-13-6-9-21(17-27)24-26-25-22-10-2-1-5-14-28(22)24/h3-4,7-8,11-12,15,21H,1-2,5-6,9-10,13-14,16-17H2/t21-/m1/s1. The number of aromatic nitrogens is 3. The van der Waals surface area contributed by atoms with Crippen LogP contribution in [0.5, 0.6) is 0 Å². The summed E-state index contributed by atoms with van der Waals surface area (Å²) in [5.74, 6) is 2.77. The predicted molar refractivity (Wildman–Crippen MR) is 114 cm³/mol. The summed E-state index contributed by atoms with van der Waals surface area (Å²) in [4.78, 5) is 15.1. The topological polar surface area (TPSA) is 51.0 Å². The number of nitrogens with zero attached hydrogens (tertiary/aromatic N) is 4. The number of hydrogen-bond donors (Lipinski definition) is 0. The Bertz CT molecular complexity index is 1020. The molecule has 0 radical (unpaired) electrons. The Hall–Kier alpha value is -2.69. The lowest BCUT2D eigenvalue weighted by Crippen LogP contribution is -2.40. The minimum Gasteiger partial charge on any atom is -0.342 e. The van der Waals surface area contributed by atoms with Crippen molar-refractivity contribution in [2.24, 2.45) is 0 Å². The number of amides is 1. The van der Waals surface area contributed by atoms with Crippen LogP contribution < -0.4 is 0 Å². The number of piperidine rings is 1. The third-order valence-corrected chi connectivity index (χ3v) is 6.45. The quantitative estimate of drug-likeness (QED) is 0.679. The van der Waals surface area contributed by atoms with Crippen LogP contribution in [-0.2, 0) is 24.2 Å². The first-order valence-electron chi connectivity index (χ1n) is 11.0. The fourth-order valence-electron chi connectivity index (χ4n) is 4.86. The van der Waals surface area contributed by atoms with E-state index in [1.54, 1.807) is 0 Å². The number of fused-ring (bicyclic) bond motifs is 2. The monoisotopic (exact) mass is 388 g/mol. The van der Waals surface area contributed by atoms with Crippen LogP contribution in [0, 0.1) is 0 Å². The van der Waals surface area contributed by atoms with Crippen molar-refractivity contribution in [1.82, 2.24) is 19.7 Å². The van der Waals surface area contributed by atoms with E-state index in [0.29, 0.717) is 12.3 Å². The minimum atomic E-state index is 0.223. The number of aryl methyl sites for hydroxylation is 1. The Morgan fingerprint density at radius 3 is 2.79 bits per heavy atom. The molecule has 2 aromatic carbocycles. The zero-order chi connectivity index (χ0) is 19.6. The minimum absolute atomic E-state index is 0.223. The molecule has 3 aromatic rings. The molecule has 150 valence electrons. The van der Waals surface area contributed by atoms with E-state index in [-0.39, 0.29) is 5.91 Å². The average molecular weight is 389 g/mol. The van der Waals surface area contributed by atoms with Gasteiger partial charge in [0, 0.05) is 32.0 Å². The molecule has 1 aromatic heterocycles. The van der Waals surface area contributed by atoms with Crippen LogP contribution >= 0.6 is 0 Å².